The van der Waals surface area contributed by atoms with Crippen molar-refractivity contribution in [3.8, 4) is 0 Å². The van der Waals surface area contributed by atoms with E-state index in [1.165, 1.54) is 0 Å². The van der Waals surface area contributed by atoms with Gasteiger partial charge in [-0.05, 0) is 13.8 Å². The zero-order valence-electron chi connectivity index (χ0n) is 12.1. The molecule has 108 valence electrons. The van der Waals surface area contributed by atoms with Crippen molar-refractivity contribution in [3.63, 3.8) is 0 Å². The van der Waals surface area contributed by atoms with Crippen molar-refractivity contribution in [1.82, 2.24) is 9.97 Å². The van der Waals surface area contributed by atoms with Gasteiger partial charge in [-0.15, -0.1) is 0 Å². The summed E-state index contributed by atoms with van der Waals surface area (Å²) in [4.78, 5) is 8.96. The standard InChI is InChI=1S/C13H24N4O2/c1-5-14-12-9(4)13(15-10(6-18)7-19)17-11(16-12)8(2)3/h8,10,18-19H,5-7H2,1-4H3,(H2,14,15,16,17). The molecule has 1 aromatic rings. The molecule has 0 saturated carbocycles. The number of aliphatic hydroxyl groups excluding tert-OH is 2. The molecule has 6 nitrogen and oxygen atoms in total. The van der Waals surface area contributed by atoms with Gasteiger partial charge < -0.3 is 20.8 Å². The molecular formula is C13H24N4O2. The minimum absolute atomic E-state index is 0.145. The lowest BCUT2D eigenvalue weighted by molar-refractivity contribution is 0.203. The van der Waals surface area contributed by atoms with Gasteiger partial charge in [0.25, 0.3) is 0 Å². The number of aliphatic hydroxyl groups is 2. The van der Waals surface area contributed by atoms with Gasteiger partial charge in [0, 0.05) is 18.0 Å². The van der Waals surface area contributed by atoms with Crippen LogP contribution in [0.4, 0.5) is 11.6 Å². The quantitative estimate of drug-likeness (QED) is 0.592. The lowest BCUT2D eigenvalue weighted by atomic mass is 10.2. The molecule has 0 unspecified atom stereocenters. The lowest BCUT2D eigenvalue weighted by Crippen LogP contribution is -2.29. The van der Waals surface area contributed by atoms with Crippen molar-refractivity contribution in [2.75, 3.05) is 30.4 Å². The molecule has 0 fully saturated rings. The Balaban J connectivity index is 3.13. The van der Waals surface area contributed by atoms with Crippen molar-refractivity contribution >= 4 is 11.6 Å². The molecule has 0 aliphatic rings. The average molecular weight is 268 g/mol. The Kier molecular flexibility index (Phi) is 5.98. The monoisotopic (exact) mass is 268 g/mol. The first kappa shape index (κ1) is 15.7. The fourth-order valence-electron chi connectivity index (χ4n) is 1.61. The second kappa shape index (κ2) is 7.25. The fourth-order valence-corrected chi connectivity index (χ4v) is 1.61. The van der Waals surface area contributed by atoms with Crippen LogP contribution in [0.5, 0.6) is 0 Å². The molecule has 0 saturated heterocycles. The Morgan fingerprint density at radius 3 is 2.16 bits per heavy atom. The number of nitrogens with one attached hydrogen (secondary N) is 2. The molecule has 1 aromatic heterocycles. The Hall–Kier alpha value is -1.40. The van der Waals surface area contributed by atoms with E-state index in [0.29, 0.717) is 5.82 Å². The Morgan fingerprint density at radius 2 is 1.68 bits per heavy atom. The summed E-state index contributed by atoms with van der Waals surface area (Å²) in [5, 5.41) is 24.5. The SMILES string of the molecule is CCNc1nc(C(C)C)nc(NC(CO)CO)c1C. The van der Waals surface area contributed by atoms with Gasteiger partial charge in [0.2, 0.25) is 0 Å². The second-order valence-corrected chi connectivity index (χ2v) is 4.80. The summed E-state index contributed by atoms with van der Waals surface area (Å²) in [7, 11) is 0. The van der Waals surface area contributed by atoms with E-state index in [4.69, 9.17) is 10.2 Å². The maximum Gasteiger partial charge on any atom is 0.135 e. The minimum atomic E-state index is -0.414. The fraction of sp³-hybridized carbons (Fsp3) is 0.692. The summed E-state index contributed by atoms with van der Waals surface area (Å²) in [6.45, 7) is 8.46. The highest BCUT2D eigenvalue weighted by Crippen LogP contribution is 2.23. The van der Waals surface area contributed by atoms with E-state index >= 15 is 0 Å². The summed E-state index contributed by atoms with van der Waals surface area (Å²) in [5.41, 5.74) is 0.887. The van der Waals surface area contributed by atoms with Crippen molar-refractivity contribution in [2.45, 2.75) is 39.7 Å². The lowest BCUT2D eigenvalue weighted by Gasteiger charge is -2.19. The van der Waals surface area contributed by atoms with Gasteiger partial charge in [-0.1, -0.05) is 13.8 Å². The predicted octanol–water partition coefficient (Wildman–Crippen LogP) is 1.11. The van der Waals surface area contributed by atoms with Crippen molar-refractivity contribution in [3.05, 3.63) is 11.4 Å². The van der Waals surface area contributed by atoms with E-state index in [-0.39, 0.29) is 19.1 Å². The third-order valence-corrected chi connectivity index (χ3v) is 2.81. The van der Waals surface area contributed by atoms with Gasteiger partial charge in [-0.2, -0.15) is 0 Å². The maximum absolute atomic E-state index is 9.15. The minimum Gasteiger partial charge on any atom is -0.394 e. The first-order chi connectivity index (χ1) is 9.03. The van der Waals surface area contributed by atoms with E-state index in [1.807, 2.05) is 27.7 Å². The molecule has 19 heavy (non-hydrogen) atoms. The van der Waals surface area contributed by atoms with Gasteiger partial charge in [-0.3, -0.25) is 0 Å². The van der Waals surface area contributed by atoms with E-state index < -0.39 is 6.04 Å². The maximum atomic E-state index is 9.15. The summed E-state index contributed by atoms with van der Waals surface area (Å²) in [6, 6.07) is -0.414. The molecule has 0 atom stereocenters. The Morgan fingerprint density at radius 1 is 1.11 bits per heavy atom. The number of rotatable bonds is 7. The first-order valence-corrected chi connectivity index (χ1v) is 6.64. The molecule has 0 amide bonds. The van der Waals surface area contributed by atoms with Crippen LogP contribution in [0.3, 0.4) is 0 Å². The summed E-state index contributed by atoms with van der Waals surface area (Å²) < 4.78 is 0. The predicted molar refractivity (Wildman–Crippen MR) is 76.6 cm³/mol. The summed E-state index contributed by atoms with van der Waals surface area (Å²) in [5.74, 6) is 2.39. The van der Waals surface area contributed by atoms with Crippen LogP contribution in [0.2, 0.25) is 0 Å². The van der Waals surface area contributed by atoms with Crippen LogP contribution in [0.15, 0.2) is 0 Å². The third-order valence-electron chi connectivity index (χ3n) is 2.81. The average Bonchev–Trinajstić information content (AvgIpc) is 2.39. The molecule has 0 spiro atoms. The molecular weight excluding hydrogens is 244 g/mol. The van der Waals surface area contributed by atoms with Crippen LogP contribution in [0.25, 0.3) is 0 Å². The van der Waals surface area contributed by atoms with E-state index in [2.05, 4.69) is 20.6 Å². The second-order valence-electron chi connectivity index (χ2n) is 4.80. The van der Waals surface area contributed by atoms with E-state index in [0.717, 1.165) is 23.8 Å². The number of nitrogens with zero attached hydrogens (tertiary/aromatic N) is 2. The highest BCUT2D eigenvalue weighted by molar-refractivity contribution is 5.57. The van der Waals surface area contributed by atoms with Crippen LogP contribution >= 0.6 is 0 Å². The summed E-state index contributed by atoms with van der Waals surface area (Å²) >= 11 is 0. The smallest absolute Gasteiger partial charge is 0.135 e. The van der Waals surface area contributed by atoms with Gasteiger partial charge >= 0.3 is 0 Å². The van der Waals surface area contributed by atoms with Crippen LogP contribution in [-0.2, 0) is 0 Å². The van der Waals surface area contributed by atoms with Gasteiger partial charge in [0.05, 0.1) is 19.3 Å². The number of hydrogen-bond acceptors (Lipinski definition) is 6. The zero-order chi connectivity index (χ0) is 14.4. The molecule has 1 heterocycles. The molecule has 0 aliphatic carbocycles. The number of anilines is 2. The number of hydrogen-bond donors (Lipinski definition) is 4. The normalized spacial score (nSPS) is 11.2. The van der Waals surface area contributed by atoms with Crippen LogP contribution in [0, 0.1) is 6.92 Å². The zero-order valence-corrected chi connectivity index (χ0v) is 12.1. The van der Waals surface area contributed by atoms with Crippen LogP contribution in [0.1, 0.15) is 38.1 Å². The van der Waals surface area contributed by atoms with E-state index in [9.17, 15) is 0 Å². The molecule has 1 rings (SSSR count). The molecule has 0 radical (unpaired) electrons. The number of aromatic nitrogens is 2. The summed E-state index contributed by atoms with van der Waals surface area (Å²) in [6.07, 6.45) is 0. The van der Waals surface area contributed by atoms with Gasteiger partial charge in [0.15, 0.2) is 0 Å². The topological polar surface area (TPSA) is 90.3 Å². The van der Waals surface area contributed by atoms with Crippen molar-refractivity contribution in [1.29, 1.82) is 0 Å². The molecule has 0 aromatic carbocycles. The van der Waals surface area contributed by atoms with Crippen LogP contribution < -0.4 is 10.6 Å². The Bertz CT molecular complexity index is 406. The molecule has 0 bridgehead atoms. The van der Waals surface area contributed by atoms with Crippen molar-refractivity contribution < 1.29 is 10.2 Å². The highest BCUT2D eigenvalue weighted by Gasteiger charge is 2.15. The third kappa shape index (κ3) is 4.04. The van der Waals surface area contributed by atoms with Crippen LogP contribution in [-0.4, -0.2) is 46.0 Å². The molecule has 0 aliphatic heterocycles. The Labute approximate surface area is 114 Å². The molecule has 6 heteroatoms. The highest BCUT2D eigenvalue weighted by atomic mass is 16.3. The molecule has 4 N–H and O–H groups in total. The van der Waals surface area contributed by atoms with Gasteiger partial charge in [-0.25, -0.2) is 9.97 Å². The largest absolute Gasteiger partial charge is 0.394 e. The van der Waals surface area contributed by atoms with E-state index in [1.54, 1.807) is 0 Å². The van der Waals surface area contributed by atoms with Gasteiger partial charge in [0.1, 0.15) is 17.5 Å². The first-order valence-electron chi connectivity index (χ1n) is 6.64. The van der Waals surface area contributed by atoms with Crippen molar-refractivity contribution in [2.24, 2.45) is 0 Å².